The van der Waals surface area contributed by atoms with Crippen LogP contribution in [0.25, 0.3) is 6.08 Å². The van der Waals surface area contributed by atoms with Crippen LogP contribution in [0.4, 0.5) is 0 Å². The number of rotatable bonds is 9. The molecular formula is C28H33ClN2O3S. The van der Waals surface area contributed by atoms with E-state index in [1.54, 1.807) is 11.8 Å². The Kier molecular flexibility index (Phi) is 9.30. The van der Waals surface area contributed by atoms with E-state index in [0.717, 1.165) is 41.7 Å². The average Bonchev–Trinajstić information content (AvgIpc) is 2.87. The van der Waals surface area contributed by atoms with E-state index in [0.29, 0.717) is 42.1 Å². The second-order valence-electron chi connectivity index (χ2n) is 9.01. The number of nitrogens with zero attached hydrogens (tertiary/aromatic N) is 1. The van der Waals surface area contributed by atoms with E-state index in [1.165, 1.54) is 6.42 Å². The number of hydrogen-bond donors (Lipinski definition) is 1. The summed E-state index contributed by atoms with van der Waals surface area (Å²) >= 11 is 7.92. The number of amides is 2. The summed E-state index contributed by atoms with van der Waals surface area (Å²) in [4.78, 5) is 28.8. The van der Waals surface area contributed by atoms with Gasteiger partial charge in [0.1, 0.15) is 0 Å². The zero-order chi connectivity index (χ0) is 24.6. The molecule has 0 aromatic heterocycles. The molecule has 2 aromatic carbocycles. The number of carbonyl (C=O) groups excluding carboxylic acids is 2. The Balaban J connectivity index is 1.46. The van der Waals surface area contributed by atoms with Gasteiger partial charge in [0.15, 0.2) is 0 Å². The van der Waals surface area contributed by atoms with E-state index in [9.17, 15) is 9.59 Å². The van der Waals surface area contributed by atoms with Gasteiger partial charge in [-0.3, -0.25) is 9.59 Å². The van der Waals surface area contributed by atoms with Crippen LogP contribution < -0.4 is 5.32 Å². The number of thioether (sulfide) groups is 1. The van der Waals surface area contributed by atoms with E-state index >= 15 is 0 Å². The maximum absolute atomic E-state index is 13.6. The summed E-state index contributed by atoms with van der Waals surface area (Å²) in [5.41, 5.74) is 2.59. The summed E-state index contributed by atoms with van der Waals surface area (Å²) in [6, 6.07) is 15.5. The van der Waals surface area contributed by atoms with Gasteiger partial charge in [0, 0.05) is 48.2 Å². The molecule has 2 unspecified atom stereocenters. The predicted molar refractivity (Wildman–Crippen MR) is 143 cm³/mol. The van der Waals surface area contributed by atoms with Gasteiger partial charge in [0.25, 0.3) is 11.8 Å². The average molecular weight is 513 g/mol. The Morgan fingerprint density at radius 1 is 1.20 bits per heavy atom. The first-order chi connectivity index (χ1) is 17.0. The SMILES string of the molecule is CCOCCCNC(=O)c1ccc(/C=C2/SC3CCCCC3N(Cc3cccc(Cl)c3)C2=O)cc1. The molecule has 0 radical (unpaired) electrons. The molecule has 1 heterocycles. The molecule has 1 aliphatic carbocycles. The van der Waals surface area contributed by atoms with Gasteiger partial charge in [0.2, 0.25) is 0 Å². The summed E-state index contributed by atoms with van der Waals surface area (Å²) in [7, 11) is 0. The van der Waals surface area contributed by atoms with Gasteiger partial charge in [-0.25, -0.2) is 0 Å². The summed E-state index contributed by atoms with van der Waals surface area (Å²) in [6.07, 6.45) is 7.29. The quantitative estimate of drug-likeness (QED) is 0.334. The van der Waals surface area contributed by atoms with Crippen LogP contribution in [0.3, 0.4) is 0 Å². The van der Waals surface area contributed by atoms with Crippen LogP contribution in [-0.2, 0) is 16.1 Å². The predicted octanol–water partition coefficient (Wildman–Crippen LogP) is 5.92. The van der Waals surface area contributed by atoms with Gasteiger partial charge in [-0.2, -0.15) is 0 Å². The molecule has 0 bridgehead atoms. The first kappa shape index (κ1) is 25.8. The van der Waals surface area contributed by atoms with Gasteiger partial charge in [0.05, 0.1) is 4.91 Å². The van der Waals surface area contributed by atoms with Crippen molar-refractivity contribution in [3.8, 4) is 0 Å². The summed E-state index contributed by atoms with van der Waals surface area (Å²) in [5, 5.41) is 4.02. The molecule has 0 spiro atoms. The number of hydrogen-bond acceptors (Lipinski definition) is 4. The third-order valence-electron chi connectivity index (χ3n) is 6.49. The van der Waals surface area contributed by atoms with Crippen LogP contribution in [0.15, 0.2) is 53.4 Å². The molecule has 1 aliphatic heterocycles. The van der Waals surface area contributed by atoms with E-state index in [1.807, 2.05) is 66.4 Å². The fourth-order valence-corrected chi connectivity index (χ4v) is 6.38. The van der Waals surface area contributed by atoms with Crippen molar-refractivity contribution in [3.05, 3.63) is 75.1 Å². The molecule has 2 amide bonds. The number of ether oxygens (including phenoxy) is 1. The van der Waals surface area contributed by atoms with Gasteiger partial charge in [-0.15, -0.1) is 11.8 Å². The Hall–Kier alpha value is -2.28. The van der Waals surface area contributed by atoms with Gasteiger partial charge in [-0.05, 0) is 67.7 Å². The van der Waals surface area contributed by atoms with Crippen LogP contribution in [-0.4, -0.2) is 47.8 Å². The molecule has 186 valence electrons. The Morgan fingerprint density at radius 2 is 2.00 bits per heavy atom. The Labute approximate surface area is 217 Å². The van der Waals surface area contributed by atoms with Crippen molar-refractivity contribution in [2.75, 3.05) is 19.8 Å². The second kappa shape index (κ2) is 12.6. The lowest BCUT2D eigenvalue weighted by Gasteiger charge is -2.44. The fraction of sp³-hybridized carbons (Fsp3) is 0.429. The molecule has 2 atom stereocenters. The van der Waals surface area contributed by atoms with Crippen molar-refractivity contribution in [2.24, 2.45) is 0 Å². The summed E-state index contributed by atoms with van der Waals surface area (Å²) < 4.78 is 5.30. The van der Waals surface area contributed by atoms with Crippen molar-refractivity contribution in [2.45, 2.75) is 56.9 Å². The first-order valence-electron chi connectivity index (χ1n) is 12.4. The maximum atomic E-state index is 13.6. The fourth-order valence-electron chi connectivity index (χ4n) is 4.70. The summed E-state index contributed by atoms with van der Waals surface area (Å²) in [6.45, 7) is 4.44. The van der Waals surface area contributed by atoms with Gasteiger partial charge < -0.3 is 15.0 Å². The normalized spacial score (nSPS) is 21.1. The third-order valence-corrected chi connectivity index (χ3v) is 8.12. The molecular weight excluding hydrogens is 480 g/mol. The monoisotopic (exact) mass is 512 g/mol. The van der Waals surface area contributed by atoms with E-state index in [-0.39, 0.29) is 17.9 Å². The molecule has 2 aliphatic rings. The molecule has 35 heavy (non-hydrogen) atoms. The molecule has 5 nitrogen and oxygen atoms in total. The maximum Gasteiger partial charge on any atom is 0.260 e. The standard InChI is InChI=1S/C28H33ClN2O3S/c1-2-34-16-6-15-30-27(32)22-13-11-20(12-14-22)18-26-28(33)31(19-21-7-5-8-23(29)17-21)24-9-3-4-10-25(24)35-26/h5,7-8,11-14,17-18,24-25H,2-4,6,9-10,15-16,19H2,1H3,(H,30,32)/b26-18+. The van der Waals surface area contributed by atoms with Crippen molar-refractivity contribution in [1.82, 2.24) is 10.2 Å². The highest BCUT2D eigenvalue weighted by atomic mass is 35.5. The van der Waals surface area contributed by atoms with E-state index < -0.39 is 0 Å². The van der Waals surface area contributed by atoms with Crippen LogP contribution in [0.1, 0.15) is 60.5 Å². The zero-order valence-corrected chi connectivity index (χ0v) is 21.7. The molecule has 1 saturated heterocycles. The van der Waals surface area contributed by atoms with E-state index in [4.69, 9.17) is 16.3 Å². The lowest BCUT2D eigenvalue weighted by molar-refractivity contribution is -0.130. The highest BCUT2D eigenvalue weighted by Crippen LogP contribution is 2.42. The lowest BCUT2D eigenvalue weighted by Crippen LogP contribution is -2.50. The minimum Gasteiger partial charge on any atom is -0.382 e. The smallest absolute Gasteiger partial charge is 0.260 e. The topological polar surface area (TPSA) is 58.6 Å². The van der Waals surface area contributed by atoms with Gasteiger partial charge in [-0.1, -0.05) is 48.7 Å². The summed E-state index contributed by atoms with van der Waals surface area (Å²) in [5.74, 6) is -0.0178. The van der Waals surface area contributed by atoms with Crippen LogP contribution in [0.5, 0.6) is 0 Å². The molecule has 2 fully saturated rings. The van der Waals surface area contributed by atoms with Crippen molar-refractivity contribution in [3.63, 3.8) is 0 Å². The van der Waals surface area contributed by atoms with Gasteiger partial charge >= 0.3 is 0 Å². The second-order valence-corrected chi connectivity index (χ2v) is 10.7. The number of benzene rings is 2. The zero-order valence-electron chi connectivity index (χ0n) is 20.2. The van der Waals surface area contributed by atoms with Crippen molar-refractivity contribution >= 4 is 41.3 Å². The number of carbonyl (C=O) groups is 2. The molecule has 1 N–H and O–H groups in total. The number of halogens is 1. The van der Waals surface area contributed by atoms with Crippen LogP contribution in [0, 0.1) is 0 Å². The lowest BCUT2D eigenvalue weighted by atomic mass is 9.92. The van der Waals surface area contributed by atoms with Crippen LogP contribution >= 0.6 is 23.4 Å². The van der Waals surface area contributed by atoms with E-state index in [2.05, 4.69) is 5.32 Å². The number of nitrogens with one attached hydrogen (secondary N) is 1. The minimum atomic E-state index is -0.0958. The largest absolute Gasteiger partial charge is 0.382 e. The third kappa shape index (κ3) is 6.90. The highest BCUT2D eigenvalue weighted by molar-refractivity contribution is 8.04. The molecule has 2 aromatic rings. The van der Waals surface area contributed by atoms with Crippen LogP contribution in [0.2, 0.25) is 5.02 Å². The van der Waals surface area contributed by atoms with Crippen molar-refractivity contribution in [1.29, 1.82) is 0 Å². The Bertz CT molecular complexity index is 1060. The number of fused-ring (bicyclic) bond motifs is 1. The minimum absolute atomic E-state index is 0.0780. The first-order valence-corrected chi connectivity index (χ1v) is 13.7. The highest BCUT2D eigenvalue weighted by Gasteiger charge is 2.40. The van der Waals surface area contributed by atoms with Crippen molar-refractivity contribution < 1.29 is 14.3 Å². The Morgan fingerprint density at radius 3 is 2.77 bits per heavy atom. The molecule has 7 heteroatoms. The molecule has 4 rings (SSSR count). The molecule has 1 saturated carbocycles.